The molecule has 1 aromatic heterocycles. The molecule has 0 saturated heterocycles. The maximum Gasteiger partial charge on any atom is 0.301 e. The highest BCUT2D eigenvalue weighted by Gasteiger charge is 2.17. The number of aromatic nitrogens is 1. The van der Waals surface area contributed by atoms with Crippen LogP contribution in [0.15, 0.2) is 36.5 Å². The second kappa shape index (κ2) is 6.84. The van der Waals surface area contributed by atoms with Crippen molar-refractivity contribution in [1.29, 1.82) is 0 Å². The first-order chi connectivity index (χ1) is 10.0. The highest BCUT2D eigenvalue weighted by atomic mass is 32.2. The van der Waals surface area contributed by atoms with E-state index < -0.39 is 10.2 Å². The normalized spacial score (nSPS) is 12.0. The predicted molar refractivity (Wildman–Crippen MR) is 85.5 cm³/mol. The summed E-state index contributed by atoms with van der Waals surface area (Å²) < 4.78 is 28.3. The summed E-state index contributed by atoms with van der Waals surface area (Å²) in [5.41, 5.74) is 1.30. The molecule has 114 valence electrons. The molecule has 0 unspecified atom stereocenters. The Bertz CT molecular complexity index is 703. The quantitative estimate of drug-likeness (QED) is 0.759. The third kappa shape index (κ3) is 4.13. The average molecular weight is 308 g/mol. The fraction of sp³-hybridized carbons (Fsp3) is 0.357. The Balaban J connectivity index is 2.10. The van der Waals surface area contributed by atoms with Gasteiger partial charge in [-0.1, -0.05) is 18.2 Å². The van der Waals surface area contributed by atoms with Gasteiger partial charge >= 0.3 is 10.2 Å². The predicted octanol–water partition coefficient (Wildman–Crippen LogP) is 1.43. The lowest BCUT2D eigenvalue weighted by atomic mass is 10.2. The molecule has 1 aromatic carbocycles. The lowest BCUT2D eigenvalue weighted by molar-refractivity contribution is 0.462. The van der Waals surface area contributed by atoms with Crippen LogP contribution < -0.4 is 10.0 Å². The van der Waals surface area contributed by atoms with E-state index in [4.69, 9.17) is 0 Å². The van der Waals surface area contributed by atoms with Crippen molar-refractivity contribution in [2.45, 2.75) is 6.42 Å². The molecule has 0 saturated carbocycles. The first kappa shape index (κ1) is 15.7. The van der Waals surface area contributed by atoms with Crippen molar-refractivity contribution in [3.05, 3.63) is 36.5 Å². The molecule has 0 spiro atoms. The zero-order valence-corrected chi connectivity index (χ0v) is 13.0. The minimum Gasteiger partial charge on any atom is -0.320 e. The Kier molecular flexibility index (Phi) is 5.11. The molecule has 0 radical (unpaired) electrons. The molecule has 2 rings (SSSR count). The molecule has 0 bridgehead atoms. The summed E-state index contributed by atoms with van der Waals surface area (Å²) in [6, 6.07) is 9.36. The van der Waals surface area contributed by atoms with Crippen molar-refractivity contribution in [3.8, 4) is 0 Å². The zero-order chi connectivity index (χ0) is 15.3. The van der Waals surface area contributed by atoms with Gasteiger partial charge in [-0.15, -0.1) is 0 Å². The Morgan fingerprint density at radius 2 is 2.05 bits per heavy atom. The number of nitrogens with one attached hydrogen (secondary N) is 2. The van der Waals surface area contributed by atoms with Crippen molar-refractivity contribution in [1.82, 2.24) is 14.6 Å². The first-order valence-corrected chi connectivity index (χ1v) is 8.20. The Hall–Kier alpha value is -1.70. The van der Waals surface area contributed by atoms with Crippen LogP contribution in [-0.2, 0) is 10.2 Å². The standard InChI is InChI=1S/C14H20N4O2S/c1-15-8-5-9-18(2)21(19,20)17-13-10-12-6-3-4-7-14(12)16-11-13/h3-4,6-7,10-11,15,17H,5,8-9H2,1-2H3. The van der Waals surface area contributed by atoms with Gasteiger partial charge in [0, 0.05) is 19.0 Å². The smallest absolute Gasteiger partial charge is 0.301 e. The van der Waals surface area contributed by atoms with Crippen LogP contribution in [-0.4, -0.2) is 44.9 Å². The number of nitrogens with zero attached hydrogens (tertiary/aromatic N) is 2. The molecule has 1 heterocycles. The van der Waals surface area contributed by atoms with Crippen LogP contribution in [0.5, 0.6) is 0 Å². The Labute approximate surface area is 125 Å². The number of hydrogen-bond acceptors (Lipinski definition) is 4. The van der Waals surface area contributed by atoms with Crippen molar-refractivity contribution >= 4 is 26.8 Å². The van der Waals surface area contributed by atoms with Crippen molar-refractivity contribution in [2.24, 2.45) is 0 Å². The van der Waals surface area contributed by atoms with Gasteiger partial charge in [-0.3, -0.25) is 9.71 Å². The third-order valence-electron chi connectivity index (χ3n) is 3.15. The summed E-state index contributed by atoms with van der Waals surface area (Å²) in [4.78, 5) is 4.24. The highest BCUT2D eigenvalue weighted by molar-refractivity contribution is 7.90. The van der Waals surface area contributed by atoms with E-state index in [9.17, 15) is 8.42 Å². The van der Waals surface area contributed by atoms with E-state index in [1.54, 1.807) is 13.1 Å². The van der Waals surface area contributed by atoms with Gasteiger partial charge in [0.25, 0.3) is 0 Å². The zero-order valence-electron chi connectivity index (χ0n) is 12.2. The van der Waals surface area contributed by atoms with Gasteiger partial charge in [-0.2, -0.15) is 12.7 Å². The van der Waals surface area contributed by atoms with E-state index >= 15 is 0 Å². The Morgan fingerprint density at radius 3 is 2.81 bits per heavy atom. The third-order valence-corrected chi connectivity index (χ3v) is 4.64. The number of anilines is 1. The molecule has 2 aromatic rings. The van der Waals surface area contributed by atoms with E-state index in [-0.39, 0.29) is 0 Å². The summed E-state index contributed by atoms with van der Waals surface area (Å²) in [5, 5.41) is 3.89. The molecule has 6 nitrogen and oxygen atoms in total. The number of pyridine rings is 1. The maximum atomic E-state index is 12.2. The molecule has 0 fully saturated rings. The SMILES string of the molecule is CNCCCN(C)S(=O)(=O)Nc1cnc2ccccc2c1. The fourth-order valence-electron chi connectivity index (χ4n) is 1.95. The average Bonchev–Trinajstić information content (AvgIpc) is 2.47. The molecule has 0 aliphatic heterocycles. The Morgan fingerprint density at radius 1 is 1.29 bits per heavy atom. The van der Waals surface area contributed by atoms with Gasteiger partial charge in [0.2, 0.25) is 0 Å². The summed E-state index contributed by atoms with van der Waals surface area (Å²) >= 11 is 0. The molecule has 0 aliphatic rings. The molecular weight excluding hydrogens is 288 g/mol. The second-order valence-electron chi connectivity index (χ2n) is 4.80. The maximum absolute atomic E-state index is 12.2. The summed E-state index contributed by atoms with van der Waals surface area (Å²) in [6.45, 7) is 1.23. The summed E-state index contributed by atoms with van der Waals surface area (Å²) in [7, 11) is -0.144. The van der Waals surface area contributed by atoms with Gasteiger partial charge < -0.3 is 5.32 Å². The van der Waals surface area contributed by atoms with Gasteiger partial charge in [-0.25, -0.2) is 0 Å². The number of para-hydroxylation sites is 1. The molecule has 21 heavy (non-hydrogen) atoms. The molecule has 0 aliphatic carbocycles. The molecule has 7 heteroatoms. The van der Waals surface area contributed by atoms with Crippen LogP contribution in [0, 0.1) is 0 Å². The van der Waals surface area contributed by atoms with Crippen molar-refractivity contribution in [2.75, 3.05) is 31.9 Å². The van der Waals surface area contributed by atoms with E-state index in [2.05, 4.69) is 15.0 Å². The van der Waals surface area contributed by atoms with Crippen LogP contribution >= 0.6 is 0 Å². The molecule has 0 atom stereocenters. The lowest BCUT2D eigenvalue weighted by Gasteiger charge is -2.18. The van der Waals surface area contributed by atoms with Crippen LogP contribution in [0.1, 0.15) is 6.42 Å². The minimum absolute atomic E-state index is 0.456. The molecule has 2 N–H and O–H groups in total. The monoisotopic (exact) mass is 308 g/mol. The minimum atomic E-state index is -3.55. The topological polar surface area (TPSA) is 74.3 Å². The number of hydrogen-bond donors (Lipinski definition) is 2. The van der Waals surface area contributed by atoms with E-state index in [0.29, 0.717) is 12.2 Å². The van der Waals surface area contributed by atoms with Gasteiger partial charge in [0.05, 0.1) is 17.4 Å². The number of benzene rings is 1. The largest absolute Gasteiger partial charge is 0.320 e. The van der Waals surface area contributed by atoms with Crippen LogP contribution in [0.3, 0.4) is 0 Å². The highest BCUT2D eigenvalue weighted by Crippen LogP contribution is 2.17. The van der Waals surface area contributed by atoms with Gasteiger partial charge in [-0.05, 0) is 32.1 Å². The second-order valence-corrected chi connectivity index (χ2v) is 6.58. The van der Waals surface area contributed by atoms with Crippen molar-refractivity contribution in [3.63, 3.8) is 0 Å². The number of rotatable bonds is 7. The van der Waals surface area contributed by atoms with Crippen molar-refractivity contribution < 1.29 is 8.42 Å². The van der Waals surface area contributed by atoms with Crippen LogP contribution in [0.25, 0.3) is 10.9 Å². The summed E-state index contributed by atoms with van der Waals surface area (Å²) in [5.74, 6) is 0. The van der Waals surface area contributed by atoms with E-state index in [1.807, 2.05) is 31.3 Å². The van der Waals surface area contributed by atoms with Gasteiger partial charge in [0.15, 0.2) is 0 Å². The van der Waals surface area contributed by atoms with Crippen LogP contribution in [0.4, 0.5) is 5.69 Å². The molecular formula is C14H20N4O2S. The number of fused-ring (bicyclic) bond motifs is 1. The van der Waals surface area contributed by atoms with E-state index in [1.165, 1.54) is 10.5 Å². The van der Waals surface area contributed by atoms with Crippen LogP contribution in [0.2, 0.25) is 0 Å². The first-order valence-electron chi connectivity index (χ1n) is 6.76. The van der Waals surface area contributed by atoms with Gasteiger partial charge in [0.1, 0.15) is 0 Å². The van der Waals surface area contributed by atoms with E-state index in [0.717, 1.165) is 23.9 Å². The lowest BCUT2D eigenvalue weighted by Crippen LogP contribution is -2.34. The summed E-state index contributed by atoms with van der Waals surface area (Å²) in [6.07, 6.45) is 2.28. The molecule has 0 amide bonds. The fourth-order valence-corrected chi connectivity index (χ4v) is 2.89.